The van der Waals surface area contributed by atoms with Gasteiger partial charge in [0.2, 0.25) is 0 Å². The molecule has 0 bridgehead atoms. The Kier molecular flexibility index (Phi) is 6.17. The number of ether oxygens (including phenoxy) is 1. The van der Waals surface area contributed by atoms with Crippen LogP contribution in [-0.4, -0.2) is 59.3 Å². The van der Waals surface area contributed by atoms with Gasteiger partial charge in [-0.25, -0.2) is 4.79 Å². The first-order valence-corrected chi connectivity index (χ1v) is 12.7. The zero-order valence-corrected chi connectivity index (χ0v) is 21.2. The number of rotatable bonds is 5. The first kappa shape index (κ1) is 24.5. The van der Waals surface area contributed by atoms with E-state index in [9.17, 15) is 14.7 Å². The van der Waals surface area contributed by atoms with Crippen LogP contribution >= 0.6 is 0 Å². The Bertz CT molecular complexity index is 1200. The number of imide groups is 1. The van der Waals surface area contributed by atoms with E-state index in [0.29, 0.717) is 38.0 Å². The number of carbonyl (C=O) groups is 2. The number of hydrogen-bond acceptors (Lipinski definition) is 5. The highest BCUT2D eigenvalue weighted by molar-refractivity contribution is 6.07. The average Bonchev–Trinajstić information content (AvgIpc) is 3.15. The fraction of sp³-hybridized carbons (Fsp3) is 0.448. The number of fused-ring (bicyclic) bond motifs is 1. The van der Waals surface area contributed by atoms with Crippen molar-refractivity contribution in [2.75, 3.05) is 20.2 Å². The predicted molar refractivity (Wildman–Crippen MR) is 139 cm³/mol. The van der Waals surface area contributed by atoms with Crippen LogP contribution in [0.2, 0.25) is 0 Å². The Morgan fingerprint density at radius 3 is 2.61 bits per heavy atom. The van der Waals surface area contributed by atoms with Gasteiger partial charge in [-0.15, -0.1) is 0 Å². The molecule has 1 spiro atoms. The molecule has 36 heavy (non-hydrogen) atoms. The molecule has 3 amide bonds. The summed E-state index contributed by atoms with van der Waals surface area (Å²) in [4.78, 5) is 27.5. The number of piperidine rings is 1. The molecule has 0 aromatic heterocycles. The maximum Gasteiger partial charge on any atom is 0.322 e. The van der Waals surface area contributed by atoms with Crippen molar-refractivity contribution >= 4 is 18.0 Å². The first-order valence-electron chi connectivity index (χ1n) is 12.7. The van der Waals surface area contributed by atoms with Gasteiger partial charge >= 0.3 is 6.03 Å². The molecule has 5 rings (SSSR count). The van der Waals surface area contributed by atoms with Gasteiger partial charge in [-0.2, -0.15) is 0 Å². The molecule has 4 atom stereocenters. The lowest BCUT2D eigenvalue weighted by Gasteiger charge is -2.62. The largest absolute Gasteiger partial charge is 0.497 e. The molecule has 7 heteroatoms. The number of nitrogens with one attached hydrogen (secondary N) is 2. The van der Waals surface area contributed by atoms with Crippen LogP contribution in [0.25, 0.3) is 6.08 Å². The summed E-state index contributed by atoms with van der Waals surface area (Å²) in [6, 6.07) is 15.5. The number of carbonyl (C=O) groups excluding carboxylic acids is 2. The summed E-state index contributed by atoms with van der Waals surface area (Å²) < 4.78 is 5.56. The topological polar surface area (TPSA) is 90.9 Å². The third-order valence-corrected chi connectivity index (χ3v) is 8.85. The van der Waals surface area contributed by atoms with E-state index in [2.05, 4.69) is 46.7 Å². The second kappa shape index (κ2) is 9.05. The number of aliphatic hydroxyl groups is 1. The molecule has 2 heterocycles. The Morgan fingerprint density at radius 2 is 1.92 bits per heavy atom. The quantitative estimate of drug-likeness (QED) is 0.559. The highest BCUT2D eigenvalue weighted by atomic mass is 16.5. The molecule has 2 saturated heterocycles. The predicted octanol–water partition coefficient (Wildman–Crippen LogP) is 3.54. The number of likely N-dealkylation sites (tertiary alicyclic amines) is 1. The van der Waals surface area contributed by atoms with Crippen molar-refractivity contribution in [3.8, 4) is 5.75 Å². The molecule has 1 saturated carbocycles. The van der Waals surface area contributed by atoms with Crippen LogP contribution in [-0.2, 0) is 10.2 Å². The van der Waals surface area contributed by atoms with Gasteiger partial charge in [0.1, 0.15) is 11.3 Å². The summed E-state index contributed by atoms with van der Waals surface area (Å²) in [5, 5.41) is 17.9. The highest BCUT2D eigenvalue weighted by Crippen LogP contribution is 2.57. The van der Waals surface area contributed by atoms with Gasteiger partial charge in [0.15, 0.2) is 0 Å². The van der Waals surface area contributed by atoms with Crippen LogP contribution in [0.3, 0.4) is 0 Å². The number of methoxy groups -OCH3 is 1. The van der Waals surface area contributed by atoms with Crippen molar-refractivity contribution < 1.29 is 19.4 Å². The van der Waals surface area contributed by atoms with Crippen molar-refractivity contribution in [1.82, 2.24) is 15.5 Å². The Hall–Kier alpha value is -3.16. The standard InChI is InChI=1S/C29H35N3O4/c1-20-11-12-23(36-3)18-24(20)27-15-17-32(16-7-10-22-8-5-4-6-9-22)21(2)29(27,35)14-13-28(19-27)25(33)30-26(34)31-28/h4-12,18,21,35H,13-17,19H2,1-3H3,(H2,30,31,33,34)/b10-7+/t21-,27-,28+,29-/m1/s1. The maximum absolute atomic E-state index is 13.0. The van der Waals surface area contributed by atoms with Gasteiger partial charge in [-0.1, -0.05) is 48.6 Å². The Morgan fingerprint density at radius 1 is 1.14 bits per heavy atom. The number of urea groups is 1. The van der Waals surface area contributed by atoms with Gasteiger partial charge in [0, 0.05) is 18.0 Å². The molecule has 2 aliphatic heterocycles. The Balaban J connectivity index is 1.53. The molecule has 3 fully saturated rings. The van der Waals surface area contributed by atoms with E-state index >= 15 is 0 Å². The number of amides is 3. The molecule has 2 aromatic carbocycles. The van der Waals surface area contributed by atoms with E-state index in [1.165, 1.54) is 0 Å². The lowest BCUT2D eigenvalue weighted by atomic mass is 9.49. The fourth-order valence-electron chi connectivity index (χ4n) is 6.82. The number of hydrogen-bond donors (Lipinski definition) is 3. The van der Waals surface area contributed by atoms with Crippen LogP contribution in [0.1, 0.15) is 49.3 Å². The summed E-state index contributed by atoms with van der Waals surface area (Å²) in [5.74, 6) is 0.420. The van der Waals surface area contributed by atoms with E-state index in [1.54, 1.807) is 7.11 Å². The van der Waals surface area contributed by atoms with E-state index in [0.717, 1.165) is 23.2 Å². The summed E-state index contributed by atoms with van der Waals surface area (Å²) in [5.41, 5.74) is 0.335. The van der Waals surface area contributed by atoms with Gasteiger partial charge in [-0.3, -0.25) is 15.0 Å². The second-order valence-corrected chi connectivity index (χ2v) is 10.6. The van der Waals surface area contributed by atoms with Gasteiger partial charge < -0.3 is 15.2 Å². The van der Waals surface area contributed by atoms with E-state index in [-0.39, 0.29) is 11.9 Å². The zero-order chi connectivity index (χ0) is 25.6. The highest BCUT2D eigenvalue weighted by Gasteiger charge is 2.66. The molecule has 1 aliphatic carbocycles. The summed E-state index contributed by atoms with van der Waals surface area (Å²) in [7, 11) is 1.63. The van der Waals surface area contributed by atoms with Crippen molar-refractivity contribution in [1.29, 1.82) is 0 Å². The lowest BCUT2D eigenvalue weighted by molar-refractivity contribution is -0.168. The minimum Gasteiger partial charge on any atom is -0.497 e. The molecule has 0 radical (unpaired) electrons. The zero-order valence-electron chi connectivity index (χ0n) is 21.2. The van der Waals surface area contributed by atoms with E-state index in [4.69, 9.17) is 4.74 Å². The molecule has 190 valence electrons. The van der Waals surface area contributed by atoms with Gasteiger partial charge in [0.05, 0.1) is 12.7 Å². The van der Waals surface area contributed by atoms with Crippen LogP contribution in [0.15, 0.2) is 54.6 Å². The number of nitrogens with zero attached hydrogens (tertiary/aromatic N) is 1. The average molecular weight is 490 g/mol. The van der Waals surface area contributed by atoms with Crippen molar-refractivity contribution in [3.05, 3.63) is 71.3 Å². The SMILES string of the molecule is COc1ccc(C)c([C@]23CCN(C/C=C/c4ccccc4)[C@H](C)[C@]2(O)CC[C@@]2(C3)NC(=O)NC2=O)c1. The monoisotopic (exact) mass is 489 g/mol. The molecule has 3 aliphatic rings. The molecule has 3 N–H and O–H groups in total. The summed E-state index contributed by atoms with van der Waals surface area (Å²) in [6.07, 6.45) is 6.06. The van der Waals surface area contributed by atoms with Crippen molar-refractivity contribution in [3.63, 3.8) is 0 Å². The molecule has 7 nitrogen and oxygen atoms in total. The minimum atomic E-state index is -1.10. The Labute approximate surface area is 212 Å². The first-order chi connectivity index (χ1) is 17.2. The molecule has 0 unspecified atom stereocenters. The number of aryl methyl sites for hydroxylation is 1. The summed E-state index contributed by atoms with van der Waals surface area (Å²) >= 11 is 0. The number of benzene rings is 2. The third kappa shape index (κ3) is 3.82. The summed E-state index contributed by atoms with van der Waals surface area (Å²) in [6.45, 7) is 5.60. The third-order valence-electron chi connectivity index (χ3n) is 8.85. The fourth-order valence-corrected chi connectivity index (χ4v) is 6.82. The van der Waals surface area contributed by atoms with Crippen LogP contribution in [0, 0.1) is 6.92 Å². The molecular weight excluding hydrogens is 454 g/mol. The lowest BCUT2D eigenvalue weighted by Crippen LogP contribution is -2.73. The normalized spacial score (nSPS) is 32.4. The van der Waals surface area contributed by atoms with Crippen LogP contribution in [0.4, 0.5) is 4.79 Å². The van der Waals surface area contributed by atoms with E-state index in [1.807, 2.05) is 43.3 Å². The minimum absolute atomic E-state index is 0.158. The van der Waals surface area contributed by atoms with Gasteiger partial charge in [0.25, 0.3) is 5.91 Å². The molecular formula is C29H35N3O4. The van der Waals surface area contributed by atoms with Crippen LogP contribution in [0.5, 0.6) is 5.75 Å². The van der Waals surface area contributed by atoms with Crippen molar-refractivity contribution in [2.45, 2.75) is 62.1 Å². The van der Waals surface area contributed by atoms with Gasteiger partial charge in [-0.05, 0) is 74.9 Å². The molecule has 2 aromatic rings. The van der Waals surface area contributed by atoms with Crippen molar-refractivity contribution in [2.24, 2.45) is 0 Å². The smallest absolute Gasteiger partial charge is 0.322 e. The second-order valence-electron chi connectivity index (χ2n) is 10.6. The van der Waals surface area contributed by atoms with Crippen LogP contribution < -0.4 is 15.4 Å². The van der Waals surface area contributed by atoms with E-state index < -0.39 is 22.6 Å². The maximum atomic E-state index is 13.0.